The smallest absolute Gasteiger partial charge is 0.243 e. The molecule has 0 aromatic heterocycles. The minimum atomic E-state index is -0.229. The Labute approximate surface area is 160 Å². The van der Waals surface area contributed by atoms with E-state index in [1.54, 1.807) is 11.8 Å². The fourth-order valence-corrected chi connectivity index (χ4v) is 3.48. The molecular weight excluding hydrogens is 400 g/mol. The number of halogens is 1. The highest BCUT2D eigenvalue weighted by Gasteiger charge is 2.08. The largest absolute Gasteiger partial charge is 0.346 e. The van der Waals surface area contributed by atoms with Gasteiger partial charge in [-0.25, -0.2) is 0 Å². The predicted molar refractivity (Wildman–Crippen MR) is 108 cm³/mol. The Morgan fingerprint density at radius 2 is 1.84 bits per heavy atom. The van der Waals surface area contributed by atoms with Gasteiger partial charge in [0.15, 0.2) is 0 Å². The van der Waals surface area contributed by atoms with Gasteiger partial charge in [-0.1, -0.05) is 46.3 Å². The summed E-state index contributed by atoms with van der Waals surface area (Å²) in [4.78, 5) is 23.7. The third-order valence-corrected chi connectivity index (χ3v) is 4.97. The second-order valence-electron chi connectivity index (χ2n) is 5.57. The van der Waals surface area contributed by atoms with Crippen LogP contribution in [0.5, 0.6) is 0 Å². The van der Waals surface area contributed by atoms with Crippen molar-refractivity contribution in [1.82, 2.24) is 5.32 Å². The van der Waals surface area contributed by atoms with Crippen LogP contribution in [-0.2, 0) is 16.0 Å². The third-order valence-electron chi connectivity index (χ3n) is 3.52. The van der Waals surface area contributed by atoms with Crippen LogP contribution in [0.25, 0.3) is 0 Å². The van der Waals surface area contributed by atoms with E-state index < -0.39 is 0 Å². The van der Waals surface area contributed by atoms with Gasteiger partial charge in [0.25, 0.3) is 0 Å². The van der Waals surface area contributed by atoms with E-state index in [9.17, 15) is 9.59 Å². The van der Waals surface area contributed by atoms with Crippen LogP contribution in [0.15, 0.2) is 53.0 Å². The lowest BCUT2D eigenvalue weighted by Gasteiger charge is -2.09. The van der Waals surface area contributed by atoms with Crippen molar-refractivity contribution < 1.29 is 9.59 Å². The molecule has 2 aromatic carbocycles. The van der Waals surface area contributed by atoms with Crippen LogP contribution in [0.3, 0.4) is 0 Å². The van der Waals surface area contributed by atoms with Gasteiger partial charge < -0.3 is 10.6 Å². The number of hydrogen-bond donors (Lipinski definition) is 2. The summed E-state index contributed by atoms with van der Waals surface area (Å²) in [5.74, 6) is 0.882. The van der Waals surface area contributed by atoms with Crippen LogP contribution < -0.4 is 10.6 Å². The molecule has 0 aliphatic heterocycles. The summed E-state index contributed by atoms with van der Waals surface area (Å²) < 4.78 is 0.962. The Morgan fingerprint density at radius 3 is 2.56 bits per heavy atom. The zero-order valence-electron chi connectivity index (χ0n) is 14.0. The molecule has 0 heterocycles. The van der Waals surface area contributed by atoms with Crippen molar-refractivity contribution in [3.63, 3.8) is 0 Å². The Morgan fingerprint density at radius 1 is 1.08 bits per heavy atom. The molecule has 0 atom stereocenters. The highest BCUT2D eigenvalue weighted by Crippen LogP contribution is 2.19. The molecule has 0 aliphatic carbocycles. The zero-order chi connectivity index (χ0) is 18.1. The first-order chi connectivity index (χ1) is 12.0. The van der Waals surface area contributed by atoms with Gasteiger partial charge in [-0.3, -0.25) is 9.59 Å². The van der Waals surface area contributed by atoms with Crippen molar-refractivity contribution in [2.45, 2.75) is 13.3 Å². The van der Waals surface area contributed by atoms with Crippen molar-refractivity contribution in [2.24, 2.45) is 0 Å². The summed E-state index contributed by atoms with van der Waals surface area (Å²) in [7, 11) is 0. The molecule has 6 heteroatoms. The van der Waals surface area contributed by atoms with E-state index >= 15 is 0 Å². The second-order valence-corrected chi connectivity index (χ2v) is 7.59. The molecule has 132 valence electrons. The lowest BCUT2D eigenvalue weighted by atomic mass is 10.2. The molecule has 4 nitrogen and oxygen atoms in total. The van der Waals surface area contributed by atoms with E-state index in [-0.39, 0.29) is 18.4 Å². The highest BCUT2D eigenvalue weighted by atomic mass is 79.9. The van der Waals surface area contributed by atoms with Gasteiger partial charge in [0.05, 0.1) is 12.3 Å². The molecule has 0 bridgehead atoms. The Hall–Kier alpha value is -1.79. The maximum absolute atomic E-state index is 11.9. The number of carbonyl (C=O) groups is 2. The van der Waals surface area contributed by atoms with Gasteiger partial charge in [-0.05, 0) is 48.4 Å². The molecule has 0 aliphatic rings. The maximum Gasteiger partial charge on any atom is 0.243 e. The molecule has 2 aromatic rings. The third kappa shape index (κ3) is 7.32. The van der Waals surface area contributed by atoms with E-state index in [4.69, 9.17) is 0 Å². The summed E-state index contributed by atoms with van der Waals surface area (Å²) in [6.07, 6.45) is 0.933. The van der Waals surface area contributed by atoms with Crippen LogP contribution in [0.4, 0.5) is 5.69 Å². The minimum Gasteiger partial charge on any atom is -0.346 e. The molecule has 25 heavy (non-hydrogen) atoms. The van der Waals surface area contributed by atoms with Crippen molar-refractivity contribution in [1.29, 1.82) is 0 Å². The molecule has 2 N–H and O–H groups in total. The number of hydrogen-bond acceptors (Lipinski definition) is 3. The highest BCUT2D eigenvalue weighted by molar-refractivity contribution is 9.10. The van der Waals surface area contributed by atoms with Gasteiger partial charge in [0.1, 0.15) is 0 Å². The maximum atomic E-state index is 11.9. The first kappa shape index (κ1) is 19.5. The van der Waals surface area contributed by atoms with Gasteiger partial charge in [0, 0.05) is 10.2 Å². The van der Waals surface area contributed by atoms with E-state index in [0.717, 1.165) is 27.9 Å². The van der Waals surface area contributed by atoms with Gasteiger partial charge in [0.2, 0.25) is 11.8 Å². The first-order valence-electron chi connectivity index (χ1n) is 7.99. The van der Waals surface area contributed by atoms with Crippen molar-refractivity contribution in [3.8, 4) is 0 Å². The van der Waals surface area contributed by atoms with E-state index in [1.165, 1.54) is 5.56 Å². The summed E-state index contributed by atoms with van der Waals surface area (Å²) in [5, 5.41) is 5.45. The number of aryl methyl sites for hydroxylation is 2. The minimum absolute atomic E-state index is 0.0203. The molecular formula is C19H21BrN2O2S. The number of benzene rings is 2. The number of carbonyl (C=O) groups excluding carboxylic acids is 2. The normalized spacial score (nSPS) is 10.3. The van der Waals surface area contributed by atoms with Crippen molar-refractivity contribution in [3.05, 3.63) is 64.1 Å². The Balaban J connectivity index is 1.63. The van der Waals surface area contributed by atoms with E-state index in [1.807, 2.05) is 43.3 Å². The Bertz CT molecular complexity index is 723. The number of rotatable bonds is 8. The fourth-order valence-electron chi connectivity index (χ4n) is 2.19. The number of nitrogens with one attached hydrogen (secondary N) is 2. The quantitative estimate of drug-likeness (QED) is 0.638. The summed E-state index contributed by atoms with van der Waals surface area (Å²) in [6, 6.07) is 15.8. The molecule has 0 radical (unpaired) electrons. The average Bonchev–Trinajstić information content (AvgIpc) is 2.60. The molecule has 0 saturated carbocycles. The molecule has 2 amide bonds. The molecule has 0 fully saturated rings. The van der Waals surface area contributed by atoms with Crippen LogP contribution in [0.1, 0.15) is 11.1 Å². The number of amides is 2. The van der Waals surface area contributed by atoms with E-state index in [2.05, 4.69) is 38.7 Å². The van der Waals surface area contributed by atoms with Crippen LogP contribution >= 0.6 is 27.7 Å². The van der Waals surface area contributed by atoms with Crippen LogP contribution in [-0.4, -0.2) is 29.9 Å². The fraction of sp³-hybridized carbons (Fsp3) is 0.263. The predicted octanol–water partition coefficient (Wildman–Crippen LogP) is 3.79. The van der Waals surface area contributed by atoms with Gasteiger partial charge in [-0.15, -0.1) is 0 Å². The number of anilines is 1. The van der Waals surface area contributed by atoms with Crippen LogP contribution in [0.2, 0.25) is 0 Å². The zero-order valence-corrected chi connectivity index (χ0v) is 16.5. The number of thioether (sulfide) groups is 1. The molecule has 0 spiro atoms. The molecule has 2 rings (SSSR count). The summed E-state index contributed by atoms with van der Waals surface area (Å²) in [5.41, 5.74) is 2.98. The SMILES string of the molecule is Cc1cc(Br)ccc1NC(=O)CNC(=O)CSCCc1ccccc1. The summed E-state index contributed by atoms with van der Waals surface area (Å²) >= 11 is 4.95. The van der Waals surface area contributed by atoms with Crippen molar-refractivity contribution in [2.75, 3.05) is 23.4 Å². The Kier molecular flexibility index (Phi) is 8.01. The van der Waals surface area contributed by atoms with Gasteiger partial charge in [-0.2, -0.15) is 11.8 Å². The topological polar surface area (TPSA) is 58.2 Å². The summed E-state index contributed by atoms with van der Waals surface area (Å²) in [6.45, 7) is 1.90. The first-order valence-corrected chi connectivity index (χ1v) is 9.94. The van der Waals surface area contributed by atoms with Crippen molar-refractivity contribution >= 4 is 45.2 Å². The molecule has 0 saturated heterocycles. The lowest BCUT2D eigenvalue weighted by molar-refractivity contribution is -0.122. The lowest BCUT2D eigenvalue weighted by Crippen LogP contribution is -2.34. The van der Waals surface area contributed by atoms with Gasteiger partial charge >= 0.3 is 0 Å². The standard InChI is InChI=1S/C19H21BrN2O2S/c1-14-11-16(20)7-8-17(14)22-18(23)12-21-19(24)13-25-10-9-15-5-3-2-4-6-15/h2-8,11H,9-10,12-13H2,1H3,(H,21,24)(H,22,23). The van der Waals surface area contributed by atoms with E-state index in [0.29, 0.717) is 5.75 Å². The average molecular weight is 421 g/mol. The van der Waals surface area contributed by atoms with Crippen LogP contribution in [0, 0.1) is 6.92 Å². The monoisotopic (exact) mass is 420 g/mol. The molecule has 0 unspecified atom stereocenters. The second kappa shape index (κ2) is 10.3.